The molecule has 0 N–H and O–H groups in total. The molecule has 0 spiro atoms. The molecule has 0 aliphatic rings. The van der Waals surface area contributed by atoms with E-state index in [-0.39, 0.29) is 18.0 Å². The number of methoxy groups -OCH3 is 1. The number of hydrogen-bond acceptors (Lipinski definition) is 5. The summed E-state index contributed by atoms with van der Waals surface area (Å²) in [6.07, 6.45) is 1.07. The number of aromatic nitrogens is 1. The summed E-state index contributed by atoms with van der Waals surface area (Å²) in [7, 11) is 1.38. The van der Waals surface area contributed by atoms with Crippen LogP contribution < -0.4 is 0 Å². The van der Waals surface area contributed by atoms with Crippen molar-refractivity contribution in [3.63, 3.8) is 0 Å². The fourth-order valence-electron chi connectivity index (χ4n) is 1.48. The standard InChI is InChI=1S/C12H19NO3S/c1-5-12(3,16-6-2)11-13-9(8-17-11)7-10(14)15-4/h8H,5-7H2,1-4H3. The van der Waals surface area contributed by atoms with Gasteiger partial charge in [0.15, 0.2) is 0 Å². The lowest BCUT2D eigenvalue weighted by Crippen LogP contribution is -2.25. The van der Waals surface area contributed by atoms with E-state index >= 15 is 0 Å². The van der Waals surface area contributed by atoms with Crippen LogP contribution in [-0.2, 0) is 26.3 Å². The highest BCUT2D eigenvalue weighted by Gasteiger charge is 2.28. The van der Waals surface area contributed by atoms with Crippen molar-refractivity contribution < 1.29 is 14.3 Å². The van der Waals surface area contributed by atoms with Crippen LogP contribution in [0.5, 0.6) is 0 Å². The van der Waals surface area contributed by atoms with Crippen LogP contribution in [-0.4, -0.2) is 24.7 Å². The van der Waals surface area contributed by atoms with Crippen molar-refractivity contribution in [1.82, 2.24) is 4.98 Å². The first-order valence-corrected chi connectivity index (χ1v) is 6.59. The number of carbonyl (C=O) groups excluding carboxylic acids is 1. The molecular formula is C12H19NO3S. The van der Waals surface area contributed by atoms with Gasteiger partial charge in [-0.1, -0.05) is 6.92 Å². The van der Waals surface area contributed by atoms with Gasteiger partial charge in [0.05, 0.1) is 19.2 Å². The van der Waals surface area contributed by atoms with Crippen LogP contribution in [0, 0.1) is 0 Å². The molecule has 1 aromatic rings. The van der Waals surface area contributed by atoms with Gasteiger partial charge in [-0.05, 0) is 20.3 Å². The highest BCUT2D eigenvalue weighted by atomic mass is 32.1. The van der Waals surface area contributed by atoms with Crippen LogP contribution in [0.25, 0.3) is 0 Å². The van der Waals surface area contributed by atoms with Gasteiger partial charge >= 0.3 is 5.97 Å². The largest absolute Gasteiger partial charge is 0.469 e. The van der Waals surface area contributed by atoms with E-state index in [4.69, 9.17) is 4.74 Å². The van der Waals surface area contributed by atoms with Gasteiger partial charge in [-0.2, -0.15) is 0 Å². The number of hydrogen-bond donors (Lipinski definition) is 0. The summed E-state index contributed by atoms with van der Waals surface area (Å²) in [5.41, 5.74) is 0.393. The maximum Gasteiger partial charge on any atom is 0.311 e. The van der Waals surface area contributed by atoms with E-state index < -0.39 is 0 Å². The lowest BCUT2D eigenvalue weighted by molar-refractivity contribution is -0.139. The normalized spacial score (nSPS) is 14.4. The molecule has 1 heterocycles. The van der Waals surface area contributed by atoms with Gasteiger partial charge in [0, 0.05) is 12.0 Å². The summed E-state index contributed by atoms with van der Waals surface area (Å²) in [6.45, 7) is 6.71. The maximum atomic E-state index is 11.1. The van der Waals surface area contributed by atoms with Crippen LogP contribution in [0.15, 0.2) is 5.38 Å². The van der Waals surface area contributed by atoms with E-state index in [9.17, 15) is 4.79 Å². The second-order valence-electron chi connectivity index (χ2n) is 3.91. The predicted octanol–water partition coefficient (Wildman–Crippen LogP) is 2.52. The predicted molar refractivity (Wildman–Crippen MR) is 67.1 cm³/mol. The van der Waals surface area contributed by atoms with Crippen molar-refractivity contribution in [2.75, 3.05) is 13.7 Å². The molecule has 1 aromatic heterocycles. The van der Waals surface area contributed by atoms with Crippen molar-refractivity contribution in [2.45, 2.75) is 39.2 Å². The van der Waals surface area contributed by atoms with Crippen molar-refractivity contribution in [1.29, 1.82) is 0 Å². The van der Waals surface area contributed by atoms with Crippen molar-refractivity contribution in [2.24, 2.45) is 0 Å². The molecular weight excluding hydrogens is 238 g/mol. The molecule has 0 radical (unpaired) electrons. The lowest BCUT2D eigenvalue weighted by Gasteiger charge is -2.25. The first kappa shape index (κ1) is 14.1. The van der Waals surface area contributed by atoms with E-state index in [0.29, 0.717) is 6.61 Å². The number of carbonyl (C=O) groups is 1. The van der Waals surface area contributed by atoms with Crippen LogP contribution in [0.2, 0.25) is 0 Å². The van der Waals surface area contributed by atoms with Crippen molar-refractivity contribution in [3.05, 3.63) is 16.1 Å². The molecule has 1 atom stereocenters. The molecule has 0 aliphatic carbocycles. The van der Waals surface area contributed by atoms with E-state index in [0.717, 1.165) is 17.1 Å². The number of esters is 1. The minimum atomic E-state index is -0.353. The molecule has 1 unspecified atom stereocenters. The summed E-state index contributed by atoms with van der Waals surface area (Å²) < 4.78 is 10.4. The Bertz CT molecular complexity index is 378. The van der Waals surface area contributed by atoms with Gasteiger partial charge in [0.1, 0.15) is 10.6 Å². The van der Waals surface area contributed by atoms with Crippen LogP contribution in [0.3, 0.4) is 0 Å². The van der Waals surface area contributed by atoms with Gasteiger partial charge in [0.2, 0.25) is 0 Å². The molecule has 5 heteroatoms. The lowest BCUT2D eigenvalue weighted by atomic mass is 10.0. The summed E-state index contributed by atoms with van der Waals surface area (Å²) >= 11 is 1.53. The fraction of sp³-hybridized carbons (Fsp3) is 0.667. The molecule has 0 fully saturated rings. The Hall–Kier alpha value is -0.940. The molecule has 0 aliphatic heterocycles. The Morgan fingerprint density at radius 3 is 2.76 bits per heavy atom. The average molecular weight is 257 g/mol. The monoisotopic (exact) mass is 257 g/mol. The quantitative estimate of drug-likeness (QED) is 0.735. The molecule has 0 aromatic carbocycles. The summed E-state index contributed by atoms with van der Waals surface area (Å²) in [5, 5.41) is 2.81. The SMILES string of the molecule is CCOC(C)(CC)c1nc(CC(=O)OC)cs1. The van der Waals surface area contributed by atoms with E-state index in [1.807, 2.05) is 19.2 Å². The summed E-state index contributed by atoms with van der Waals surface area (Å²) in [6, 6.07) is 0. The Balaban J connectivity index is 2.82. The Labute approximate surface area is 106 Å². The minimum absolute atomic E-state index is 0.221. The molecule has 0 bridgehead atoms. The van der Waals surface area contributed by atoms with E-state index in [2.05, 4.69) is 16.6 Å². The number of rotatable bonds is 6. The highest BCUT2D eigenvalue weighted by molar-refractivity contribution is 7.09. The van der Waals surface area contributed by atoms with Gasteiger partial charge in [-0.15, -0.1) is 11.3 Å². The second-order valence-corrected chi connectivity index (χ2v) is 4.77. The average Bonchev–Trinajstić information content (AvgIpc) is 2.78. The first-order valence-electron chi connectivity index (χ1n) is 5.71. The van der Waals surface area contributed by atoms with E-state index in [1.54, 1.807) is 0 Å². The van der Waals surface area contributed by atoms with Gasteiger partial charge in [-0.3, -0.25) is 4.79 Å². The Morgan fingerprint density at radius 2 is 2.24 bits per heavy atom. The fourth-order valence-corrected chi connectivity index (χ4v) is 2.49. The van der Waals surface area contributed by atoms with Gasteiger partial charge in [0.25, 0.3) is 0 Å². The number of ether oxygens (including phenoxy) is 2. The molecule has 0 amide bonds. The molecule has 96 valence electrons. The molecule has 4 nitrogen and oxygen atoms in total. The zero-order chi connectivity index (χ0) is 12.9. The molecule has 0 saturated heterocycles. The van der Waals surface area contributed by atoms with Crippen LogP contribution >= 0.6 is 11.3 Å². The topological polar surface area (TPSA) is 48.4 Å². The second kappa shape index (κ2) is 6.12. The van der Waals surface area contributed by atoms with Crippen LogP contribution in [0.1, 0.15) is 37.9 Å². The molecule has 1 rings (SSSR count). The van der Waals surface area contributed by atoms with Gasteiger partial charge < -0.3 is 9.47 Å². The molecule has 17 heavy (non-hydrogen) atoms. The first-order chi connectivity index (χ1) is 8.05. The third-order valence-corrected chi connectivity index (χ3v) is 3.83. The minimum Gasteiger partial charge on any atom is -0.469 e. The van der Waals surface area contributed by atoms with Crippen LogP contribution in [0.4, 0.5) is 0 Å². The van der Waals surface area contributed by atoms with Crippen molar-refractivity contribution >= 4 is 17.3 Å². The zero-order valence-electron chi connectivity index (χ0n) is 10.8. The summed E-state index contributed by atoms with van der Waals surface area (Å²) in [4.78, 5) is 15.6. The zero-order valence-corrected chi connectivity index (χ0v) is 11.6. The molecule has 0 saturated carbocycles. The highest BCUT2D eigenvalue weighted by Crippen LogP contribution is 2.31. The number of nitrogens with zero attached hydrogens (tertiary/aromatic N) is 1. The number of thiazole rings is 1. The van der Waals surface area contributed by atoms with Crippen molar-refractivity contribution in [3.8, 4) is 0 Å². The Morgan fingerprint density at radius 1 is 1.53 bits per heavy atom. The Kier molecular flexibility index (Phi) is 5.08. The summed E-state index contributed by atoms with van der Waals surface area (Å²) in [5.74, 6) is -0.267. The third kappa shape index (κ3) is 3.51. The van der Waals surface area contributed by atoms with E-state index in [1.165, 1.54) is 18.4 Å². The third-order valence-electron chi connectivity index (χ3n) is 2.69. The maximum absolute atomic E-state index is 11.1. The smallest absolute Gasteiger partial charge is 0.311 e. The van der Waals surface area contributed by atoms with Gasteiger partial charge in [-0.25, -0.2) is 4.98 Å².